The minimum atomic E-state index is 0.799. The van der Waals surface area contributed by atoms with E-state index in [2.05, 4.69) is 30.6 Å². The fourth-order valence-corrected chi connectivity index (χ4v) is 3.39. The van der Waals surface area contributed by atoms with Crippen molar-refractivity contribution >= 4 is 0 Å². The van der Waals surface area contributed by atoms with Crippen LogP contribution in [0.25, 0.3) is 0 Å². The summed E-state index contributed by atoms with van der Waals surface area (Å²) in [4.78, 5) is 5.28. The maximum absolute atomic E-state index is 5.71. The first-order chi connectivity index (χ1) is 9.65. The van der Waals surface area contributed by atoms with Crippen molar-refractivity contribution in [1.82, 2.24) is 9.80 Å². The van der Waals surface area contributed by atoms with Gasteiger partial charge in [0.25, 0.3) is 0 Å². The molecule has 0 bridgehead atoms. The van der Waals surface area contributed by atoms with Crippen molar-refractivity contribution in [3.8, 4) is 0 Å². The summed E-state index contributed by atoms with van der Waals surface area (Å²) in [7, 11) is 0. The monoisotopic (exact) mass is 283 g/mol. The van der Waals surface area contributed by atoms with Crippen LogP contribution in [-0.2, 0) is 0 Å². The zero-order valence-electron chi connectivity index (χ0n) is 14.1. The molecule has 1 aliphatic rings. The van der Waals surface area contributed by atoms with E-state index in [0.717, 1.165) is 18.4 Å². The normalized spacial score (nSPS) is 19.6. The molecule has 0 aromatic carbocycles. The molecule has 0 saturated carbocycles. The molecule has 1 unspecified atom stereocenters. The first-order valence-electron chi connectivity index (χ1n) is 8.80. The number of hydrogen-bond acceptors (Lipinski definition) is 3. The van der Waals surface area contributed by atoms with E-state index >= 15 is 0 Å². The van der Waals surface area contributed by atoms with Gasteiger partial charge in [-0.25, -0.2) is 0 Å². The minimum Gasteiger partial charge on any atom is -0.330 e. The van der Waals surface area contributed by atoms with Gasteiger partial charge in [-0.1, -0.05) is 33.6 Å². The second-order valence-electron chi connectivity index (χ2n) is 6.91. The fraction of sp³-hybridized carbons (Fsp3) is 1.00. The Morgan fingerprint density at radius 1 is 0.950 bits per heavy atom. The predicted octanol–water partition coefficient (Wildman–Crippen LogP) is 2.81. The van der Waals surface area contributed by atoms with E-state index in [1.165, 1.54) is 71.4 Å². The van der Waals surface area contributed by atoms with Gasteiger partial charge in [0.05, 0.1) is 0 Å². The molecular weight excluding hydrogens is 246 g/mol. The van der Waals surface area contributed by atoms with Gasteiger partial charge in [-0.15, -0.1) is 0 Å². The highest BCUT2D eigenvalue weighted by Gasteiger charge is 2.17. The third-order valence-electron chi connectivity index (χ3n) is 4.45. The molecule has 0 spiro atoms. The molecular formula is C17H37N3. The molecule has 1 heterocycles. The number of rotatable bonds is 10. The van der Waals surface area contributed by atoms with Crippen LogP contribution in [0.15, 0.2) is 0 Å². The Balaban J connectivity index is 2.11. The molecule has 120 valence electrons. The average Bonchev–Trinajstić information content (AvgIpc) is 2.40. The molecule has 3 nitrogen and oxygen atoms in total. The Hall–Kier alpha value is -0.120. The van der Waals surface area contributed by atoms with E-state index in [1.54, 1.807) is 0 Å². The lowest BCUT2D eigenvalue weighted by molar-refractivity contribution is 0.119. The minimum absolute atomic E-state index is 0.799. The number of piperazine rings is 1. The zero-order chi connectivity index (χ0) is 14.8. The lowest BCUT2D eigenvalue weighted by Crippen LogP contribution is -2.47. The Kier molecular flexibility index (Phi) is 9.49. The lowest BCUT2D eigenvalue weighted by atomic mass is 9.94. The van der Waals surface area contributed by atoms with Crippen LogP contribution in [0.2, 0.25) is 0 Å². The molecule has 0 aromatic rings. The summed E-state index contributed by atoms with van der Waals surface area (Å²) in [5.41, 5.74) is 5.71. The molecule has 1 aliphatic heterocycles. The molecule has 1 saturated heterocycles. The summed E-state index contributed by atoms with van der Waals surface area (Å²) in [6, 6.07) is 0. The van der Waals surface area contributed by atoms with Crippen molar-refractivity contribution in [1.29, 1.82) is 0 Å². The third-order valence-corrected chi connectivity index (χ3v) is 4.45. The van der Waals surface area contributed by atoms with Crippen LogP contribution in [0.3, 0.4) is 0 Å². The Labute approximate surface area is 126 Å². The molecule has 0 aromatic heterocycles. The fourth-order valence-electron chi connectivity index (χ4n) is 3.39. The van der Waals surface area contributed by atoms with E-state index in [9.17, 15) is 0 Å². The van der Waals surface area contributed by atoms with Crippen molar-refractivity contribution in [2.75, 3.05) is 45.8 Å². The highest BCUT2D eigenvalue weighted by Crippen LogP contribution is 2.17. The average molecular weight is 284 g/mol. The second-order valence-corrected chi connectivity index (χ2v) is 6.91. The van der Waals surface area contributed by atoms with Crippen LogP contribution < -0.4 is 5.73 Å². The molecule has 1 rings (SSSR count). The van der Waals surface area contributed by atoms with Crippen LogP contribution in [0.5, 0.6) is 0 Å². The summed E-state index contributed by atoms with van der Waals surface area (Å²) in [6.07, 6.45) is 6.61. The predicted molar refractivity (Wildman–Crippen MR) is 89.0 cm³/mol. The van der Waals surface area contributed by atoms with Gasteiger partial charge in [0, 0.05) is 32.7 Å². The van der Waals surface area contributed by atoms with Gasteiger partial charge in [-0.05, 0) is 44.2 Å². The van der Waals surface area contributed by atoms with Crippen LogP contribution in [-0.4, -0.2) is 55.6 Å². The van der Waals surface area contributed by atoms with Gasteiger partial charge in [0.2, 0.25) is 0 Å². The highest BCUT2D eigenvalue weighted by atomic mass is 15.3. The molecule has 2 N–H and O–H groups in total. The topological polar surface area (TPSA) is 32.5 Å². The SMILES string of the molecule is CCCC(CCN)CCCN1CCN(CC(C)C)CC1. The molecule has 3 heteroatoms. The van der Waals surface area contributed by atoms with Gasteiger partial charge < -0.3 is 15.5 Å². The molecule has 0 amide bonds. The third kappa shape index (κ3) is 7.61. The van der Waals surface area contributed by atoms with Crippen molar-refractivity contribution in [2.24, 2.45) is 17.6 Å². The van der Waals surface area contributed by atoms with E-state index in [4.69, 9.17) is 5.73 Å². The molecule has 0 aliphatic carbocycles. The largest absolute Gasteiger partial charge is 0.330 e. The summed E-state index contributed by atoms with van der Waals surface area (Å²) >= 11 is 0. The van der Waals surface area contributed by atoms with Gasteiger partial charge in [0.1, 0.15) is 0 Å². The van der Waals surface area contributed by atoms with E-state index in [0.29, 0.717) is 0 Å². The first kappa shape index (κ1) is 17.9. The maximum Gasteiger partial charge on any atom is 0.0110 e. The first-order valence-corrected chi connectivity index (χ1v) is 8.80. The number of nitrogens with zero attached hydrogens (tertiary/aromatic N) is 2. The smallest absolute Gasteiger partial charge is 0.0110 e. The number of hydrogen-bond donors (Lipinski definition) is 1. The van der Waals surface area contributed by atoms with Crippen LogP contribution in [0, 0.1) is 11.8 Å². The van der Waals surface area contributed by atoms with Gasteiger partial charge in [-0.3, -0.25) is 0 Å². The lowest BCUT2D eigenvalue weighted by Gasteiger charge is -2.35. The van der Waals surface area contributed by atoms with Crippen molar-refractivity contribution in [3.63, 3.8) is 0 Å². The molecule has 1 atom stereocenters. The zero-order valence-corrected chi connectivity index (χ0v) is 14.1. The van der Waals surface area contributed by atoms with Crippen molar-refractivity contribution < 1.29 is 0 Å². The van der Waals surface area contributed by atoms with Crippen molar-refractivity contribution in [2.45, 2.75) is 52.9 Å². The maximum atomic E-state index is 5.71. The molecule has 1 fully saturated rings. The Morgan fingerprint density at radius 3 is 2.15 bits per heavy atom. The summed E-state index contributed by atoms with van der Waals surface area (Å²) in [6.45, 7) is 15.4. The quantitative estimate of drug-likeness (QED) is 0.669. The molecule has 0 radical (unpaired) electrons. The van der Waals surface area contributed by atoms with Gasteiger partial charge in [0.15, 0.2) is 0 Å². The summed E-state index contributed by atoms with van der Waals surface area (Å²) < 4.78 is 0. The van der Waals surface area contributed by atoms with Gasteiger partial charge in [-0.2, -0.15) is 0 Å². The second kappa shape index (κ2) is 10.6. The van der Waals surface area contributed by atoms with Crippen LogP contribution >= 0.6 is 0 Å². The standard InChI is InChI=1S/C17H37N3/c1-4-6-17(8-9-18)7-5-10-19-11-13-20(14-12-19)15-16(2)3/h16-17H,4-15,18H2,1-3H3. The van der Waals surface area contributed by atoms with E-state index in [1.807, 2.05) is 0 Å². The van der Waals surface area contributed by atoms with E-state index < -0.39 is 0 Å². The summed E-state index contributed by atoms with van der Waals surface area (Å²) in [5, 5.41) is 0. The summed E-state index contributed by atoms with van der Waals surface area (Å²) in [5.74, 6) is 1.67. The highest BCUT2D eigenvalue weighted by molar-refractivity contribution is 4.73. The van der Waals surface area contributed by atoms with Crippen LogP contribution in [0.4, 0.5) is 0 Å². The molecule has 20 heavy (non-hydrogen) atoms. The van der Waals surface area contributed by atoms with Crippen molar-refractivity contribution in [3.05, 3.63) is 0 Å². The number of nitrogens with two attached hydrogens (primary N) is 1. The van der Waals surface area contributed by atoms with Gasteiger partial charge >= 0.3 is 0 Å². The Bertz CT molecular complexity index is 216. The Morgan fingerprint density at radius 2 is 1.60 bits per heavy atom. The van der Waals surface area contributed by atoms with E-state index in [-0.39, 0.29) is 0 Å². The van der Waals surface area contributed by atoms with Crippen LogP contribution in [0.1, 0.15) is 52.9 Å².